The number of alkyl halides is 1. The standard InChI is InChI=1S/C16H22BrN3/c1-12-7-5-6-8-13(12)9-10-14-18-19-15(11-17)20(14)16(2,3)4/h5-8H,9-11H2,1-4H3. The van der Waals surface area contributed by atoms with Crippen molar-refractivity contribution < 1.29 is 0 Å². The molecule has 0 unspecified atom stereocenters. The first-order valence-corrected chi connectivity index (χ1v) is 8.09. The van der Waals surface area contributed by atoms with Gasteiger partial charge in [0.25, 0.3) is 0 Å². The van der Waals surface area contributed by atoms with Crippen LogP contribution in [0.3, 0.4) is 0 Å². The van der Waals surface area contributed by atoms with Crippen LogP contribution < -0.4 is 0 Å². The predicted octanol–water partition coefficient (Wildman–Crippen LogP) is 4.02. The Labute approximate surface area is 129 Å². The van der Waals surface area contributed by atoms with Crippen LogP contribution >= 0.6 is 15.9 Å². The number of nitrogens with zero attached hydrogens (tertiary/aromatic N) is 3. The van der Waals surface area contributed by atoms with Crippen molar-refractivity contribution in [2.45, 2.75) is 51.4 Å². The number of benzene rings is 1. The molecule has 0 amide bonds. The predicted molar refractivity (Wildman–Crippen MR) is 86.2 cm³/mol. The van der Waals surface area contributed by atoms with Gasteiger partial charge in [0.15, 0.2) is 0 Å². The van der Waals surface area contributed by atoms with E-state index in [9.17, 15) is 0 Å². The van der Waals surface area contributed by atoms with Crippen molar-refractivity contribution in [3.8, 4) is 0 Å². The number of hydrogen-bond donors (Lipinski definition) is 0. The molecule has 0 radical (unpaired) electrons. The highest BCUT2D eigenvalue weighted by atomic mass is 79.9. The summed E-state index contributed by atoms with van der Waals surface area (Å²) >= 11 is 3.50. The van der Waals surface area contributed by atoms with Gasteiger partial charge in [-0.05, 0) is 45.2 Å². The Hall–Kier alpha value is -1.16. The van der Waals surface area contributed by atoms with E-state index in [1.807, 2.05) is 0 Å². The monoisotopic (exact) mass is 335 g/mol. The molecule has 0 N–H and O–H groups in total. The lowest BCUT2D eigenvalue weighted by molar-refractivity contribution is 0.373. The molecule has 0 aliphatic rings. The number of hydrogen-bond acceptors (Lipinski definition) is 2. The quantitative estimate of drug-likeness (QED) is 0.790. The van der Waals surface area contributed by atoms with Gasteiger partial charge < -0.3 is 4.57 Å². The molecule has 0 aliphatic heterocycles. The molecular weight excluding hydrogens is 314 g/mol. The lowest BCUT2D eigenvalue weighted by atomic mass is 10.0. The van der Waals surface area contributed by atoms with Crippen molar-refractivity contribution in [3.05, 3.63) is 47.0 Å². The molecule has 1 heterocycles. The van der Waals surface area contributed by atoms with E-state index in [4.69, 9.17) is 0 Å². The van der Waals surface area contributed by atoms with Gasteiger partial charge in [0.2, 0.25) is 0 Å². The molecule has 20 heavy (non-hydrogen) atoms. The molecule has 4 heteroatoms. The molecule has 2 rings (SSSR count). The van der Waals surface area contributed by atoms with Crippen molar-refractivity contribution in [3.63, 3.8) is 0 Å². The van der Waals surface area contributed by atoms with Crippen molar-refractivity contribution >= 4 is 15.9 Å². The van der Waals surface area contributed by atoms with Gasteiger partial charge >= 0.3 is 0 Å². The molecule has 0 fully saturated rings. The molecular formula is C16H22BrN3. The van der Waals surface area contributed by atoms with E-state index in [2.05, 4.69) is 82.7 Å². The molecule has 1 aromatic carbocycles. The summed E-state index contributed by atoms with van der Waals surface area (Å²) in [6.45, 7) is 8.74. The van der Waals surface area contributed by atoms with Crippen molar-refractivity contribution in [1.29, 1.82) is 0 Å². The van der Waals surface area contributed by atoms with Crippen LogP contribution in [0.25, 0.3) is 0 Å². The fourth-order valence-electron chi connectivity index (χ4n) is 2.51. The van der Waals surface area contributed by atoms with Crippen molar-refractivity contribution in [1.82, 2.24) is 14.8 Å². The summed E-state index contributed by atoms with van der Waals surface area (Å²) in [6.07, 6.45) is 1.92. The summed E-state index contributed by atoms with van der Waals surface area (Å²) in [5.74, 6) is 2.06. The maximum Gasteiger partial charge on any atom is 0.144 e. The van der Waals surface area contributed by atoms with E-state index in [1.54, 1.807) is 0 Å². The first-order valence-electron chi connectivity index (χ1n) is 6.97. The molecule has 2 aromatic rings. The Bertz CT molecular complexity index is 582. The van der Waals surface area contributed by atoms with Gasteiger partial charge in [0.05, 0.1) is 5.33 Å². The van der Waals surface area contributed by atoms with Crippen molar-refractivity contribution in [2.75, 3.05) is 0 Å². The number of aryl methyl sites for hydroxylation is 3. The minimum atomic E-state index is 0.00761. The third-order valence-corrected chi connectivity index (χ3v) is 3.97. The number of halogens is 1. The third kappa shape index (κ3) is 3.29. The van der Waals surface area contributed by atoms with Gasteiger partial charge in [-0.1, -0.05) is 40.2 Å². The molecule has 0 atom stereocenters. The van der Waals surface area contributed by atoms with Gasteiger partial charge in [0.1, 0.15) is 11.6 Å². The molecule has 0 spiro atoms. The van der Waals surface area contributed by atoms with Crippen LogP contribution in [0.4, 0.5) is 0 Å². The summed E-state index contributed by atoms with van der Waals surface area (Å²) in [7, 11) is 0. The molecule has 3 nitrogen and oxygen atoms in total. The lowest BCUT2D eigenvalue weighted by Gasteiger charge is -2.24. The van der Waals surface area contributed by atoms with E-state index in [1.165, 1.54) is 11.1 Å². The molecule has 0 bridgehead atoms. The van der Waals surface area contributed by atoms with Gasteiger partial charge in [-0.2, -0.15) is 0 Å². The van der Waals surface area contributed by atoms with Crippen LogP contribution in [-0.4, -0.2) is 14.8 Å². The van der Waals surface area contributed by atoms with Crippen molar-refractivity contribution in [2.24, 2.45) is 0 Å². The summed E-state index contributed by atoms with van der Waals surface area (Å²) in [4.78, 5) is 0. The van der Waals surface area contributed by atoms with Gasteiger partial charge in [0, 0.05) is 12.0 Å². The second-order valence-electron chi connectivity index (χ2n) is 6.10. The molecule has 1 aromatic heterocycles. The zero-order valence-corrected chi connectivity index (χ0v) is 14.2. The Morgan fingerprint density at radius 1 is 1.05 bits per heavy atom. The van der Waals surface area contributed by atoms with Crippen LogP contribution in [0.15, 0.2) is 24.3 Å². The highest BCUT2D eigenvalue weighted by molar-refractivity contribution is 9.08. The summed E-state index contributed by atoms with van der Waals surface area (Å²) in [6, 6.07) is 8.53. The topological polar surface area (TPSA) is 30.7 Å². The van der Waals surface area contributed by atoms with E-state index in [0.29, 0.717) is 0 Å². The zero-order chi connectivity index (χ0) is 14.8. The molecule has 0 saturated carbocycles. The second-order valence-corrected chi connectivity index (χ2v) is 6.66. The largest absolute Gasteiger partial charge is 0.309 e. The second kappa shape index (κ2) is 6.08. The smallest absolute Gasteiger partial charge is 0.144 e. The van der Waals surface area contributed by atoms with Crippen LogP contribution in [0.2, 0.25) is 0 Å². The fraction of sp³-hybridized carbons (Fsp3) is 0.500. The van der Waals surface area contributed by atoms with E-state index in [-0.39, 0.29) is 5.54 Å². The number of aromatic nitrogens is 3. The minimum Gasteiger partial charge on any atom is -0.309 e. The van der Waals surface area contributed by atoms with E-state index in [0.717, 1.165) is 29.8 Å². The Balaban J connectivity index is 2.22. The molecule has 108 valence electrons. The highest BCUT2D eigenvalue weighted by Gasteiger charge is 2.22. The average molecular weight is 336 g/mol. The van der Waals surface area contributed by atoms with Gasteiger partial charge in [-0.25, -0.2) is 0 Å². The van der Waals surface area contributed by atoms with Crippen LogP contribution in [0.5, 0.6) is 0 Å². The summed E-state index contributed by atoms with van der Waals surface area (Å²) in [5, 5.41) is 9.42. The summed E-state index contributed by atoms with van der Waals surface area (Å²) < 4.78 is 2.25. The third-order valence-electron chi connectivity index (χ3n) is 3.47. The van der Waals surface area contributed by atoms with Gasteiger partial charge in [-0.15, -0.1) is 10.2 Å². The Kier molecular flexibility index (Phi) is 4.63. The van der Waals surface area contributed by atoms with Crippen LogP contribution in [-0.2, 0) is 23.7 Å². The minimum absolute atomic E-state index is 0.00761. The Morgan fingerprint density at radius 3 is 2.30 bits per heavy atom. The highest BCUT2D eigenvalue weighted by Crippen LogP contribution is 2.21. The van der Waals surface area contributed by atoms with Crippen LogP contribution in [0, 0.1) is 6.92 Å². The molecule has 0 saturated heterocycles. The normalized spacial score (nSPS) is 11.8. The maximum absolute atomic E-state index is 4.38. The van der Waals surface area contributed by atoms with E-state index >= 15 is 0 Å². The molecule has 0 aliphatic carbocycles. The van der Waals surface area contributed by atoms with Crippen LogP contribution in [0.1, 0.15) is 43.5 Å². The van der Waals surface area contributed by atoms with Gasteiger partial charge in [-0.3, -0.25) is 0 Å². The first kappa shape index (κ1) is 15.2. The SMILES string of the molecule is Cc1ccccc1CCc1nnc(CBr)n1C(C)(C)C. The average Bonchev–Trinajstić information content (AvgIpc) is 2.81. The maximum atomic E-state index is 4.38. The Morgan fingerprint density at radius 2 is 1.70 bits per heavy atom. The first-order chi connectivity index (χ1) is 9.43. The zero-order valence-electron chi connectivity index (χ0n) is 12.7. The van der Waals surface area contributed by atoms with E-state index < -0.39 is 0 Å². The number of rotatable bonds is 4. The lowest BCUT2D eigenvalue weighted by Crippen LogP contribution is -2.26. The fourth-order valence-corrected chi connectivity index (χ4v) is 2.88. The summed E-state index contributed by atoms with van der Waals surface area (Å²) in [5.41, 5.74) is 2.74.